The van der Waals surface area contributed by atoms with Gasteiger partial charge >= 0.3 is 11.9 Å². The van der Waals surface area contributed by atoms with E-state index in [1.54, 1.807) is 0 Å². The first-order valence-corrected chi connectivity index (χ1v) is 10.1. The quantitative estimate of drug-likeness (QED) is 0.546. The Kier molecular flexibility index (Phi) is 11.1. The number of nitrogens with zero attached hydrogens (tertiary/aromatic N) is 1. The Balaban J connectivity index is 0.000000485. The summed E-state index contributed by atoms with van der Waals surface area (Å²) in [5.41, 5.74) is 0.748. The number of unbranched alkanes of at least 4 members (excludes halogenated alkanes) is 5. The Hall–Kier alpha value is -1.10. The first-order chi connectivity index (χ1) is 11.9. The van der Waals surface area contributed by atoms with Crippen molar-refractivity contribution in [2.45, 2.75) is 110 Å². The van der Waals surface area contributed by atoms with E-state index in [-0.39, 0.29) is 12.8 Å². The van der Waals surface area contributed by atoms with Crippen LogP contribution in [-0.2, 0) is 9.59 Å². The van der Waals surface area contributed by atoms with E-state index in [0.29, 0.717) is 11.1 Å². The monoisotopic (exact) mass is 371 g/mol. The zero-order valence-electron chi connectivity index (χ0n) is 17.8. The van der Waals surface area contributed by atoms with Crippen LogP contribution in [0.4, 0.5) is 0 Å². The third kappa shape index (κ3) is 9.56. The van der Waals surface area contributed by atoms with Crippen LogP contribution in [0.2, 0.25) is 0 Å². The van der Waals surface area contributed by atoms with Crippen molar-refractivity contribution < 1.29 is 19.8 Å². The normalized spacial score (nSPS) is 21.5. The molecule has 0 radical (unpaired) electrons. The lowest BCUT2D eigenvalue weighted by molar-refractivity contribution is -0.138. The van der Waals surface area contributed by atoms with Crippen LogP contribution >= 0.6 is 0 Å². The highest BCUT2D eigenvalue weighted by molar-refractivity contribution is 5.66. The summed E-state index contributed by atoms with van der Waals surface area (Å²) in [7, 11) is 2.26. The summed E-state index contributed by atoms with van der Waals surface area (Å²) < 4.78 is 0. The fourth-order valence-corrected chi connectivity index (χ4v) is 3.46. The second-order valence-electron chi connectivity index (χ2n) is 8.87. The molecule has 0 amide bonds. The van der Waals surface area contributed by atoms with Crippen molar-refractivity contribution in [3.63, 3.8) is 0 Å². The van der Waals surface area contributed by atoms with Crippen LogP contribution in [0.15, 0.2) is 0 Å². The van der Waals surface area contributed by atoms with Gasteiger partial charge in [-0.1, -0.05) is 32.6 Å². The van der Waals surface area contributed by atoms with E-state index in [1.807, 2.05) is 0 Å². The molecular weight excluding hydrogens is 330 g/mol. The molecular formula is C21H41NO4. The van der Waals surface area contributed by atoms with Gasteiger partial charge in [0.25, 0.3) is 0 Å². The van der Waals surface area contributed by atoms with Crippen molar-refractivity contribution in [1.82, 2.24) is 4.90 Å². The van der Waals surface area contributed by atoms with Gasteiger partial charge in [-0.05, 0) is 66.3 Å². The Morgan fingerprint density at radius 2 is 1.27 bits per heavy atom. The fraction of sp³-hybridized carbons (Fsp3) is 0.905. The number of likely N-dealkylation sites (tertiary alicyclic amines) is 1. The molecule has 26 heavy (non-hydrogen) atoms. The largest absolute Gasteiger partial charge is 0.481 e. The smallest absolute Gasteiger partial charge is 0.303 e. The van der Waals surface area contributed by atoms with Crippen molar-refractivity contribution in [3.8, 4) is 0 Å². The molecule has 0 aliphatic carbocycles. The van der Waals surface area contributed by atoms with Gasteiger partial charge in [0, 0.05) is 23.9 Å². The fourth-order valence-electron chi connectivity index (χ4n) is 3.46. The van der Waals surface area contributed by atoms with E-state index in [2.05, 4.69) is 46.6 Å². The van der Waals surface area contributed by atoms with Crippen molar-refractivity contribution in [1.29, 1.82) is 0 Å². The van der Waals surface area contributed by atoms with Crippen LogP contribution in [0, 0.1) is 5.92 Å². The number of carboxylic acids is 2. The standard InChI is InChI=1S/C11H23N.C10H18O4/c1-9-7-8-10(2,3)12(6)11(9,4)5;11-9(12)7-5-3-1-2-4-6-8-10(13)14/h9H,7-8H2,1-6H3;1-8H2,(H,11,12)(H,13,14). The van der Waals surface area contributed by atoms with Crippen LogP contribution < -0.4 is 0 Å². The van der Waals surface area contributed by atoms with Gasteiger partial charge in [0.15, 0.2) is 0 Å². The maximum Gasteiger partial charge on any atom is 0.303 e. The predicted octanol–water partition coefficient (Wildman–Crippen LogP) is 5.18. The Morgan fingerprint density at radius 1 is 0.885 bits per heavy atom. The highest BCUT2D eigenvalue weighted by Crippen LogP contribution is 2.40. The third-order valence-electron chi connectivity index (χ3n) is 6.20. The molecule has 0 spiro atoms. The average Bonchev–Trinajstić information content (AvgIpc) is 2.53. The molecule has 0 aromatic heterocycles. The summed E-state index contributed by atoms with van der Waals surface area (Å²) in [4.78, 5) is 22.8. The molecule has 0 aromatic rings. The zero-order valence-corrected chi connectivity index (χ0v) is 17.8. The molecule has 1 heterocycles. The molecule has 5 heteroatoms. The van der Waals surface area contributed by atoms with E-state index in [1.165, 1.54) is 12.8 Å². The zero-order chi connectivity index (χ0) is 20.4. The van der Waals surface area contributed by atoms with Gasteiger partial charge in [-0.3, -0.25) is 14.5 Å². The third-order valence-corrected chi connectivity index (χ3v) is 6.20. The van der Waals surface area contributed by atoms with Crippen molar-refractivity contribution in [2.75, 3.05) is 7.05 Å². The minimum absolute atomic E-state index is 0.245. The lowest BCUT2D eigenvalue weighted by Gasteiger charge is -2.54. The van der Waals surface area contributed by atoms with Crippen molar-refractivity contribution in [2.24, 2.45) is 5.92 Å². The number of hydrogen-bond acceptors (Lipinski definition) is 3. The molecule has 2 N–H and O–H groups in total. The van der Waals surface area contributed by atoms with E-state index in [9.17, 15) is 9.59 Å². The number of hydrogen-bond donors (Lipinski definition) is 2. The number of carbonyl (C=O) groups is 2. The first-order valence-electron chi connectivity index (χ1n) is 10.1. The number of rotatable bonds is 9. The van der Waals surface area contributed by atoms with Gasteiger partial charge in [-0.2, -0.15) is 0 Å². The molecule has 0 bridgehead atoms. The SMILES string of the molecule is CC1CCC(C)(C)N(C)C1(C)C.O=C(O)CCCCCCCCC(=O)O. The van der Waals surface area contributed by atoms with Crippen molar-refractivity contribution >= 4 is 11.9 Å². The molecule has 0 saturated carbocycles. The Labute approximate surface area is 160 Å². The van der Waals surface area contributed by atoms with Gasteiger partial charge in [0.2, 0.25) is 0 Å². The predicted molar refractivity (Wildman–Crippen MR) is 107 cm³/mol. The van der Waals surface area contributed by atoms with Gasteiger partial charge in [-0.15, -0.1) is 0 Å². The minimum Gasteiger partial charge on any atom is -0.481 e. The number of aliphatic carboxylic acids is 2. The average molecular weight is 372 g/mol. The number of carboxylic acid groups (broad SMARTS) is 2. The Bertz CT molecular complexity index is 412. The molecule has 1 saturated heterocycles. The molecule has 0 aromatic carbocycles. The molecule has 1 aliphatic heterocycles. The lowest BCUT2D eigenvalue weighted by Crippen LogP contribution is -2.59. The van der Waals surface area contributed by atoms with Crippen LogP contribution in [0.5, 0.6) is 0 Å². The molecule has 1 rings (SSSR count). The van der Waals surface area contributed by atoms with Crippen LogP contribution in [0.1, 0.15) is 98.8 Å². The summed E-state index contributed by atoms with van der Waals surface area (Å²) in [6, 6.07) is 0. The van der Waals surface area contributed by atoms with Crippen molar-refractivity contribution in [3.05, 3.63) is 0 Å². The first kappa shape index (κ1) is 24.9. The molecule has 1 aliphatic rings. The van der Waals surface area contributed by atoms with E-state index >= 15 is 0 Å². The summed E-state index contributed by atoms with van der Waals surface area (Å²) in [6.45, 7) is 11.8. The maximum absolute atomic E-state index is 10.1. The molecule has 1 fully saturated rings. The molecule has 5 nitrogen and oxygen atoms in total. The van der Waals surface area contributed by atoms with Crippen LogP contribution in [0.3, 0.4) is 0 Å². The highest BCUT2D eigenvalue weighted by Gasteiger charge is 2.42. The van der Waals surface area contributed by atoms with E-state index < -0.39 is 11.9 Å². The van der Waals surface area contributed by atoms with E-state index in [4.69, 9.17) is 10.2 Å². The van der Waals surface area contributed by atoms with Gasteiger partial charge in [0.1, 0.15) is 0 Å². The highest BCUT2D eigenvalue weighted by atomic mass is 16.4. The summed E-state index contributed by atoms with van der Waals surface area (Å²) in [5, 5.41) is 16.7. The number of piperidine rings is 1. The summed E-state index contributed by atoms with van der Waals surface area (Å²) >= 11 is 0. The molecule has 1 atom stereocenters. The Morgan fingerprint density at radius 3 is 1.62 bits per heavy atom. The molecule has 1 unspecified atom stereocenters. The maximum atomic E-state index is 10.1. The summed E-state index contributed by atoms with van der Waals surface area (Å²) in [6.07, 6.45) is 8.52. The minimum atomic E-state index is -0.740. The van der Waals surface area contributed by atoms with E-state index in [0.717, 1.165) is 44.4 Å². The lowest BCUT2D eigenvalue weighted by atomic mass is 9.74. The molecule has 154 valence electrons. The second kappa shape index (κ2) is 11.6. The summed E-state index contributed by atoms with van der Waals surface area (Å²) in [5.74, 6) is -0.665. The van der Waals surface area contributed by atoms with Crippen LogP contribution in [0.25, 0.3) is 0 Å². The van der Waals surface area contributed by atoms with Crippen LogP contribution in [-0.4, -0.2) is 45.2 Å². The van der Waals surface area contributed by atoms with Gasteiger partial charge < -0.3 is 10.2 Å². The second-order valence-corrected chi connectivity index (χ2v) is 8.87. The van der Waals surface area contributed by atoms with Gasteiger partial charge in [-0.25, -0.2) is 0 Å². The van der Waals surface area contributed by atoms with Gasteiger partial charge in [0.05, 0.1) is 0 Å². The topological polar surface area (TPSA) is 77.8 Å².